The molecule has 1 aliphatic rings. The summed E-state index contributed by atoms with van der Waals surface area (Å²) in [5.74, 6) is 0.773. The Balaban J connectivity index is 2.18. The first-order valence-corrected chi connectivity index (χ1v) is 5.89. The van der Waals surface area contributed by atoms with E-state index in [1.54, 1.807) is 0 Å². The molecule has 0 radical (unpaired) electrons. The third-order valence-electron chi connectivity index (χ3n) is 2.95. The second-order valence-electron chi connectivity index (χ2n) is 5.31. The van der Waals surface area contributed by atoms with E-state index in [4.69, 9.17) is 4.74 Å². The number of hydrogen-bond acceptors (Lipinski definition) is 2. The van der Waals surface area contributed by atoms with Crippen LogP contribution in [0.5, 0.6) is 0 Å². The maximum Gasteiger partial charge on any atom is 0.0779 e. The van der Waals surface area contributed by atoms with Gasteiger partial charge in [-0.15, -0.1) is 0 Å². The standard InChI is InChI=1S/C12H25NO/c1-10(2)8-11(3)13-9-12(4)6-5-7-14-12/h10-11,13H,5-9H2,1-4H3. The van der Waals surface area contributed by atoms with E-state index in [1.807, 2.05) is 0 Å². The van der Waals surface area contributed by atoms with E-state index < -0.39 is 0 Å². The van der Waals surface area contributed by atoms with E-state index in [-0.39, 0.29) is 5.60 Å². The molecule has 0 bridgehead atoms. The molecule has 1 saturated heterocycles. The zero-order chi connectivity index (χ0) is 10.6. The summed E-state index contributed by atoms with van der Waals surface area (Å²) in [5, 5.41) is 3.57. The van der Waals surface area contributed by atoms with Crippen molar-refractivity contribution in [1.29, 1.82) is 0 Å². The summed E-state index contributed by atoms with van der Waals surface area (Å²) in [7, 11) is 0. The Bertz CT molecular complexity index is 162. The lowest BCUT2D eigenvalue weighted by Crippen LogP contribution is -2.41. The van der Waals surface area contributed by atoms with Gasteiger partial charge in [0.1, 0.15) is 0 Å². The van der Waals surface area contributed by atoms with E-state index in [0.717, 1.165) is 19.1 Å². The van der Waals surface area contributed by atoms with Crippen LogP contribution < -0.4 is 5.32 Å². The van der Waals surface area contributed by atoms with Gasteiger partial charge in [0.15, 0.2) is 0 Å². The van der Waals surface area contributed by atoms with Crippen molar-refractivity contribution in [3.8, 4) is 0 Å². The SMILES string of the molecule is CC(C)CC(C)NCC1(C)CCCO1. The van der Waals surface area contributed by atoms with E-state index in [2.05, 4.69) is 33.0 Å². The fourth-order valence-corrected chi connectivity index (χ4v) is 2.16. The average Bonchev–Trinajstić information content (AvgIpc) is 2.49. The average molecular weight is 199 g/mol. The Morgan fingerprint density at radius 2 is 2.07 bits per heavy atom. The molecule has 0 aromatic rings. The van der Waals surface area contributed by atoms with Crippen LogP contribution in [0.4, 0.5) is 0 Å². The third-order valence-corrected chi connectivity index (χ3v) is 2.95. The van der Waals surface area contributed by atoms with Crippen molar-refractivity contribution in [3.05, 3.63) is 0 Å². The molecule has 1 rings (SSSR count). The van der Waals surface area contributed by atoms with Gasteiger partial charge in [0.05, 0.1) is 5.60 Å². The Labute approximate surface area is 88.4 Å². The highest BCUT2D eigenvalue weighted by atomic mass is 16.5. The van der Waals surface area contributed by atoms with Crippen molar-refractivity contribution >= 4 is 0 Å². The van der Waals surface area contributed by atoms with Crippen LogP contribution in [0, 0.1) is 5.92 Å². The molecule has 0 saturated carbocycles. The molecule has 14 heavy (non-hydrogen) atoms. The van der Waals surface area contributed by atoms with Gasteiger partial charge in [-0.2, -0.15) is 0 Å². The highest BCUT2D eigenvalue weighted by Gasteiger charge is 2.29. The fourth-order valence-electron chi connectivity index (χ4n) is 2.16. The van der Waals surface area contributed by atoms with Gasteiger partial charge in [0.25, 0.3) is 0 Å². The van der Waals surface area contributed by atoms with Crippen molar-refractivity contribution in [2.45, 2.75) is 58.6 Å². The maximum atomic E-state index is 5.73. The predicted molar refractivity (Wildman–Crippen MR) is 60.5 cm³/mol. The van der Waals surface area contributed by atoms with Gasteiger partial charge >= 0.3 is 0 Å². The van der Waals surface area contributed by atoms with E-state index in [1.165, 1.54) is 19.3 Å². The van der Waals surface area contributed by atoms with Crippen LogP contribution in [0.15, 0.2) is 0 Å². The molecule has 1 heterocycles. The lowest BCUT2D eigenvalue weighted by molar-refractivity contribution is 0.0187. The van der Waals surface area contributed by atoms with E-state index in [0.29, 0.717) is 6.04 Å². The fraction of sp³-hybridized carbons (Fsp3) is 1.00. The summed E-state index contributed by atoms with van der Waals surface area (Å²) in [4.78, 5) is 0. The summed E-state index contributed by atoms with van der Waals surface area (Å²) in [6.07, 6.45) is 3.67. The van der Waals surface area contributed by atoms with Gasteiger partial charge in [-0.05, 0) is 39.0 Å². The Morgan fingerprint density at radius 3 is 2.57 bits per heavy atom. The Kier molecular flexibility index (Phi) is 4.39. The van der Waals surface area contributed by atoms with Crippen LogP contribution in [0.25, 0.3) is 0 Å². The van der Waals surface area contributed by atoms with Crippen LogP contribution in [0.2, 0.25) is 0 Å². The molecule has 0 aliphatic carbocycles. The molecule has 0 spiro atoms. The predicted octanol–water partition coefficient (Wildman–Crippen LogP) is 2.58. The van der Waals surface area contributed by atoms with Gasteiger partial charge in [0, 0.05) is 19.2 Å². The molecule has 0 aromatic carbocycles. The van der Waals surface area contributed by atoms with Crippen LogP contribution in [-0.4, -0.2) is 24.8 Å². The molecule has 84 valence electrons. The normalized spacial score (nSPS) is 29.8. The minimum atomic E-state index is 0.102. The van der Waals surface area contributed by atoms with Crippen LogP contribution in [0.1, 0.15) is 47.0 Å². The molecule has 1 N–H and O–H groups in total. The number of ether oxygens (including phenoxy) is 1. The van der Waals surface area contributed by atoms with Crippen molar-refractivity contribution in [3.63, 3.8) is 0 Å². The monoisotopic (exact) mass is 199 g/mol. The highest BCUT2D eigenvalue weighted by molar-refractivity contribution is 4.83. The van der Waals surface area contributed by atoms with Crippen molar-refractivity contribution in [2.75, 3.05) is 13.2 Å². The minimum absolute atomic E-state index is 0.102. The van der Waals surface area contributed by atoms with Gasteiger partial charge < -0.3 is 10.1 Å². The minimum Gasteiger partial charge on any atom is -0.374 e. The molecule has 1 fully saturated rings. The number of hydrogen-bond donors (Lipinski definition) is 1. The van der Waals surface area contributed by atoms with Gasteiger partial charge in [-0.3, -0.25) is 0 Å². The molecule has 0 amide bonds. The summed E-state index contributed by atoms with van der Waals surface area (Å²) in [6.45, 7) is 11.0. The lowest BCUT2D eigenvalue weighted by Gasteiger charge is -2.26. The third kappa shape index (κ3) is 3.97. The Hall–Kier alpha value is -0.0800. The zero-order valence-electron chi connectivity index (χ0n) is 10.1. The van der Waals surface area contributed by atoms with Crippen molar-refractivity contribution in [2.24, 2.45) is 5.92 Å². The van der Waals surface area contributed by atoms with E-state index >= 15 is 0 Å². The second-order valence-corrected chi connectivity index (χ2v) is 5.31. The maximum absolute atomic E-state index is 5.73. The smallest absolute Gasteiger partial charge is 0.0779 e. The van der Waals surface area contributed by atoms with E-state index in [9.17, 15) is 0 Å². The summed E-state index contributed by atoms with van der Waals surface area (Å²) >= 11 is 0. The molecular weight excluding hydrogens is 174 g/mol. The van der Waals surface area contributed by atoms with Crippen LogP contribution in [-0.2, 0) is 4.74 Å². The van der Waals surface area contributed by atoms with Gasteiger partial charge in [0.2, 0.25) is 0 Å². The largest absolute Gasteiger partial charge is 0.374 e. The summed E-state index contributed by atoms with van der Waals surface area (Å²) < 4.78 is 5.73. The molecule has 0 aromatic heterocycles. The molecule has 2 atom stereocenters. The van der Waals surface area contributed by atoms with Crippen molar-refractivity contribution in [1.82, 2.24) is 5.32 Å². The Morgan fingerprint density at radius 1 is 1.36 bits per heavy atom. The number of nitrogens with one attached hydrogen (secondary N) is 1. The summed E-state index contributed by atoms with van der Waals surface area (Å²) in [5.41, 5.74) is 0.102. The topological polar surface area (TPSA) is 21.3 Å². The molecule has 2 heteroatoms. The number of rotatable bonds is 5. The summed E-state index contributed by atoms with van der Waals surface area (Å²) in [6, 6.07) is 0.607. The van der Waals surface area contributed by atoms with Gasteiger partial charge in [-0.25, -0.2) is 0 Å². The van der Waals surface area contributed by atoms with Crippen LogP contribution >= 0.6 is 0 Å². The zero-order valence-corrected chi connectivity index (χ0v) is 10.1. The van der Waals surface area contributed by atoms with Crippen molar-refractivity contribution < 1.29 is 4.74 Å². The van der Waals surface area contributed by atoms with Crippen LogP contribution in [0.3, 0.4) is 0 Å². The second kappa shape index (κ2) is 5.13. The molecular formula is C12H25NO. The lowest BCUT2D eigenvalue weighted by atomic mass is 10.0. The highest BCUT2D eigenvalue weighted by Crippen LogP contribution is 2.24. The quantitative estimate of drug-likeness (QED) is 0.735. The molecule has 2 nitrogen and oxygen atoms in total. The first-order chi connectivity index (χ1) is 6.52. The molecule has 1 aliphatic heterocycles. The first kappa shape index (κ1) is 12.0. The van der Waals surface area contributed by atoms with Gasteiger partial charge in [-0.1, -0.05) is 13.8 Å². The first-order valence-electron chi connectivity index (χ1n) is 5.89. The molecule has 2 unspecified atom stereocenters.